The van der Waals surface area contributed by atoms with Gasteiger partial charge in [0.05, 0.1) is 6.61 Å². The van der Waals surface area contributed by atoms with Crippen LogP contribution in [0, 0.1) is 11.8 Å². The second kappa shape index (κ2) is 10.7. The number of aliphatic imine (C=N–C) groups is 1. The maximum absolute atomic E-state index is 5.47. The lowest BCUT2D eigenvalue weighted by Crippen LogP contribution is -2.47. The maximum atomic E-state index is 5.47. The van der Waals surface area contributed by atoms with Crippen LogP contribution in [0.3, 0.4) is 0 Å². The zero-order valence-electron chi connectivity index (χ0n) is 15.3. The molecule has 0 bridgehead atoms. The van der Waals surface area contributed by atoms with Crippen molar-refractivity contribution < 1.29 is 4.74 Å². The second-order valence-corrected chi connectivity index (χ2v) is 7.22. The standard InChI is InChI=1S/C17H34N4O.HI/c1-14(2)11-21-8-5-6-16(21)10-19-17(18-3)20(4)12-15-7-9-22-13-15;/h14-16H,5-13H2,1-4H3,(H,18,19);1H/t15?,16-;/m1./s1. The Labute approximate surface area is 159 Å². The molecular formula is C17H35IN4O. The molecule has 0 spiro atoms. The van der Waals surface area contributed by atoms with E-state index in [1.54, 1.807) is 0 Å². The Bertz CT molecular complexity index is 359. The second-order valence-electron chi connectivity index (χ2n) is 7.22. The average Bonchev–Trinajstić information content (AvgIpc) is 3.11. The van der Waals surface area contributed by atoms with Crippen molar-refractivity contribution in [1.82, 2.24) is 15.1 Å². The summed E-state index contributed by atoms with van der Waals surface area (Å²) in [6, 6.07) is 0.655. The SMILES string of the molecule is CN=C(NC[C@H]1CCCN1CC(C)C)N(C)CC1CCOC1.I. The zero-order chi connectivity index (χ0) is 15.9. The van der Waals surface area contributed by atoms with Crippen molar-refractivity contribution in [3.63, 3.8) is 0 Å². The van der Waals surface area contributed by atoms with E-state index in [4.69, 9.17) is 4.74 Å². The highest BCUT2D eigenvalue weighted by Crippen LogP contribution is 2.18. The molecule has 1 N–H and O–H groups in total. The number of nitrogens with zero attached hydrogens (tertiary/aromatic N) is 3. The van der Waals surface area contributed by atoms with Crippen LogP contribution in [0.2, 0.25) is 0 Å². The number of ether oxygens (including phenoxy) is 1. The summed E-state index contributed by atoms with van der Waals surface area (Å²) >= 11 is 0. The number of halogens is 1. The van der Waals surface area contributed by atoms with Crippen molar-refractivity contribution >= 4 is 29.9 Å². The van der Waals surface area contributed by atoms with Crippen molar-refractivity contribution in [3.8, 4) is 0 Å². The first-order valence-corrected chi connectivity index (χ1v) is 8.83. The Kier molecular flexibility index (Phi) is 9.77. The minimum Gasteiger partial charge on any atom is -0.381 e. The molecule has 0 radical (unpaired) electrons. The van der Waals surface area contributed by atoms with Gasteiger partial charge in [0.2, 0.25) is 0 Å². The van der Waals surface area contributed by atoms with Crippen LogP contribution in [0.4, 0.5) is 0 Å². The van der Waals surface area contributed by atoms with Gasteiger partial charge in [0.25, 0.3) is 0 Å². The van der Waals surface area contributed by atoms with E-state index in [1.807, 2.05) is 7.05 Å². The van der Waals surface area contributed by atoms with Gasteiger partial charge in [-0.1, -0.05) is 13.8 Å². The molecule has 0 aromatic rings. The number of likely N-dealkylation sites (tertiary alicyclic amines) is 1. The zero-order valence-corrected chi connectivity index (χ0v) is 17.6. The van der Waals surface area contributed by atoms with E-state index in [0.29, 0.717) is 12.0 Å². The molecule has 2 saturated heterocycles. The molecule has 0 saturated carbocycles. The van der Waals surface area contributed by atoms with Gasteiger partial charge in [-0.3, -0.25) is 9.89 Å². The number of nitrogens with one attached hydrogen (secondary N) is 1. The predicted octanol–water partition coefficient (Wildman–Crippen LogP) is 2.27. The van der Waals surface area contributed by atoms with E-state index < -0.39 is 0 Å². The minimum absolute atomic E-state index is 0. The van der Waals surface area contributed by atoms with Gasteiger partial charge in [0, 0.05) is 52.3 Å². The Hall–Kier alpha value is -0.0800. The lowest BCUT2D eigenvalue weighted by atomic mass is 10.1. The summed E-state index contributed by atoms with van der Waals surface area (Å²) < 4.78 is 5.47. The molecule has 2 aliphatic rings. The smallest absolute Gasteiger partial charge is 0.193 e. The topological polar surface area (TPSA) is 40.1 Å². The van der Waals surface area contributed by atoms with E-state index in [2.05, 4.69) is 41.0 Å². The summed E-state index contributed by atoms with van der Waals surface area (Å²) in [6.45, 7) is 10.9. The molecule has 0 aromatic carbocycles. The summed E-state index contributed by atoms with van der Waals surface area (Å²) in [7, 11) is 4.01. The molecular weight excluding hydrogens is 403 g/mol. The van der Waals surface area contributed by atoms with E-state index in [1.165, 1.54) is 32.4 Å². The summed E-state index contributed by atoms with van der Waals surface area (Å²) in [6.07, 6.45) is 3.80. The van der Waals surface area contributed by atoms with Crippen LogP contribution in [-0.2, 0) is 4.74 Å². The predicted molar refractivity (Wildman–Crippen MR) is 108 cm³/mol. The Balaban J connectivity index is 0.00000264. The number of hydrogen-bond donors (Lipinski definition) is 1. The summed E-state index contributed by atoms with van der Waals surface area (Å²) in [5.41, 5.74) is 0. The molecule has 136 valence electrons. The van der Waals surface area contributed by atoms with Gasteiger partial charge in [0.1, 0.15) is 0 Å². The molecule has 0 aliphatic carbocycles. The normalized spacial score (nSPS) is 25.7. The molecule has 0 aromatic heterocycles. The number of rotatable bonds is 6. The summed E-state index contributed by atoms with van der Waals surface area (Å²) in [5, 5.41) is 3.58. The average molecular weight is 438 g/mol. The molecule has 5 nitrogen and oxygen atoms in total. The van der Waals surface area contributed by atoms with E-state index in [-0.39, 0.29) is 24.0 Å². The third kappa shape index (κ3) is 6.74. The molecule has 1 unspecified atom stereocenters. The van der Waals surface area contributed by atoms with E-state index in [0.717, 1.165) is 38.2 Å². The van der Waals surface area contributed by atoms with Crippen LogP contribution in [-0.4, -0.2) is 75.3 Å². The fourth-order valence-electron chi connectivity index (χ4n) is 3.63. The van der Waals surface area contributed by atoms with Gasteiger partial charge < -0.3 is 15.0 Å². The summed E-state index contributed by atoms with van der Waals surface area (Å²) in [4.78, 5) is 9.33. The van der Waals surface area contributed by atoms with Gasteiger partial charge in [0.15, 0.2) is 5.96 Å². The van der Waals surface area contributed by atoms with Crippen LogP contribution in [0.5, 0.6) is 0 Å². The van der Waals surface area contributed by atoms with Crippen LogP contribution in [0.25, 0.3) is 0 Å². The monoisotopic (exact) mass is 438 g/mol. The van der Waals surface area contributed by atoms with Gasteiger partial charge in [-0.2, -0.15) is 0 Å². The third-order valence-corrected chi connectivity index (χ3v) is 4.72. The lowest BCUT2D eigenvalue weighted by molar-refractivity contribution is 0.181. The molecule has 2 rings (SSSR count). The number of guanidine groups is 1. The van der Waals surface area contributed by atoms with Crippen LogP contribution in [0.1, 0.15) is 33.1 Å². The fraction of sp³-hybridized carbons (Fsp3) is 0.941. The largest absolute Gasteiger partial charge is 0.381 e. The molecule has 2 fully saturated rings. The van der Waals surface area contributed by atoms with E-state index >= 15 is 0 Å². The Morgan fingerprint density at radius 3 is 2.78 bits per heavy atom. The Morgan fingerprint density at radius 2 is 2.17 bits per heavy atom. The molecule has 2 atom stereocenters. The quantitative estimate of drug-likeness (QED) is 0.393. The van der Waals surface area contributed by atoms with Crippen molar-refractivity contribution in [2.45, 2.75) is 39.2 Å². The van der Waals surface area contributed by atoms with Crippen molar-refractivity contribution in [3.05, 3.63) is 0 Å². The van der Waals surface area contributed by atoms with Crippen molar-refractivity contribution in [2.75, 3.05) is 53.5 Å². The third-order valence-electron chi connectivity index (χ3n) is 4.72. The highest BCUT2D eigenvalue weighted by atomic mass is 127. The molecule has 2 aliphatic heterocycles. The van der Waals surface area contributed by atoms with Crippen molar-refractivity contribution in [1.29, 1.82) is 0 Å². The molecule has 2 heterocycles. The van der Waals surface area contributed by atoms with Crippen LogP contribution < -0.4 is 5.32 Å². The molecule has 6 heteroatoms. The van der Waals surface area contributed by atoms with Gasteiger partial charge in [-0.05, 0) is 31.7 Å². The van der Waals surface area contributed by atoms with Crippen LogP contribution >= 0.6 is 24.0 Å². The van der Waals surface area contributed by atoms with E-state index in [9.17, 15) is 0 Å². The highest BCUT2D eigenvalue weighted by Gasteiger charge is 2.25. The lowest BCUT2D eigenvalue weighted by Gasteiger charge is -2.29. The van der Waals surface area contributed by atoms with Gasteiger partial charge in [-0.25, -0.2) is 0 Å². The van der Waals surface area contributed by atoms with Gasteiger partial charge in [-0.15, -0.1) is 24.0 Å². The van der Waals surface area contributed by atoms with Crippen LogP contribution in [0.15, 0.2) is 4.99 Å². The first-order valence-electron chi connectivity index (χ1n) is 8.83. The summed E-state index contributed by atoms with van der Waals surface area (Å²) in [5.74, 6) is 2.40. The molecule has 0 amide bonds. The highest BCUT2D eigenvalue weighted by molar-refractivity contribution is 14.0. The maximum Gasteiger partial charge on any atom is 0.193 e. The molecule has 23 heavy (non-hydrogen) atoms. The first kappa shape index (κ1) is 21.0. The van der Waals surface area contributed by atoms with Crippen molar-refractivity contribution in [2.24, 2.45) is 16.8 Å². The Morgan fingerprint density at radius 1 is 1.39 bits per heavy atom. The van der Waals surface area contributed by atoms with Gasteiger partial charge >= 0.3 is 0 Å². The first-order chi connectivity index (χ1) is 10.6. The fourth-order valence-corrected chi connectivity index (χ4v) is 3.63. The minimum atomic E-state index is 0. The number of hydrogen-bond acceptors (Lipinski definition) is 3.